The first-order valence-electron chi connectivity index (χ1n) is 9.15. The first-order chi connectivity index (χ1) is 12.2. The summed E-state index contributed by atoms with van der Waals surface area (Å²) >= 11 is 1.76. The van der Waals surface area contributed by atoms with E-state index in [0.717, 1.165) is 57.7 Å². The van der Waals surface area contributed by atoms with Crippen molar-refractivity contribution < 1.29 is 4.79 Å². The molecule has 2 fully saturated rings. The van der Waals surface area contributed by atoms with Gasteiger partial charge >= 0.3 is 0 Å². The molecule has 132 valence electrons. The molecular weight excluding hydrogens is 334 g/mol. The SMILES string of the molecule is O=C(N[C@H]1c2ncnn2CC[C@@]12CCN(Cc1ccsc1)C2)C1CC1. The van der Waals surface area contributed by atoms with E-state index in [2.05, 4.69) is 37.1 Å². The summed E-state index contributed by atoms with van der Waals surface area (Å²) in [6.45, 7) is 4.00. The predicted octanol–water partition coefficient (Wildman–Crippen LogP) is 2.20. The molecule has 7 heteroatoms. The highest BCUT2D eigenvalue weighted by molar-refractivity contribution is 7.07. The summed E-state index contributed by atoms with van der Waals surface area (Å²) < 4.78 is 1.98. The normalized spacial score (nSPS) is 29.0. The highest BCUT2D eigenvalue weighted by atomic mass is 32.1. The Kier molecular flexibility index (Phi) is 3.67. The Morgan fingerprint density at radius 2 is 2.24 bits per heavy atom. The number of nitrogens with zero attached hydrogens (tertiary/aromatic N) is 4. The predicted molar refractivity (Wildman–Crippen MR) is 94.9 cm³/mol. The van der Waals surface area contributed by atoms with Crippen LogP contribution in [0.25, 0.3) is 0 Å². The van der Waals surface area contributed by atoms with Crippen molar-refractivity contribution in [2.75, 3.05) is 13.1 Å². The molecule has 1 N–H and O–H groups in total. The Balaban J connectivity index is 1.39. The third-order valence-corrected chi connectivity index (χ3v) is 6.76. The van der Waals surface area contributed by atoms with Crippen LogP contribution in [-0.2, 0) is 17.9 Å². The second-order valence-corrected chi connectivity index (χ2v) is 8.54. The Bertz CT molecular complexity index is 768. The van der Waals surface area contributed by atoms with Crippen molar-refractivity contribution in [3.05, 3.63) is 34.5 Å². The summed E-state index contributed by atoms with van der Waals surface area (Å²) in [5.74, 6) is 1.37. The van der Waals surface area contributed by atoms with Crippen LogP contribution >= 0.6 is 11.3 Å². The van der Waals surface area contributed by atoms with Crippen LogP contribution in [0.5, 0.6) is 0 Å². The smallest absolute Gasteiger partial charge is 0.223 e. The lowest BCUT2D eigenvalue weighted by atomic mass is 9.74. The fourth-order valence-electron chi connectivity index (χ4n) is 4.44. The lowest BCUT2D eigenvalue weighted by Crippen LogP contribution is -2.47. The van der Waals surface area contributed by atoms with E-state index in [9.17, 15) is 4.79 Å². The molecule has 1 aliphatic carbocycles. The van der Waals surface area contributed by atoms with Crippen LogP contribution in [0.2, 0.25) is 0 Å². The second kappa shape index (κ2) is 5.92. The quantitative estimate of drug-likeness (QED) is 0.911. The topological polar surface area (TPSA) is 63.1 Å². The average molecular weight is 357 g/mol. The number of fused-ring (bicyclic) bond motifs is 1. The van der Waals surface area contributed by atoms with Crippen LogP contribution in [0.3, 0.4) is 0 Å². The average Bonchev–Trinajstić information content (AvgIpc) is 2.99. The highest BCUT2D eigenvalue weighted by Crippen LogP contribution is 2.48. The molecule has 1 spiro atoms. The van der Waals surface area contributed by atoms with Crippen molar-refractivity contribution >= 4 is 17.2 Å². The van der Waals surface area contributed by atoms with Crippen LogP contribution in [0.1, 0.15) is 43.1 Å². The van der Waals surface area contributed by atoms with Gasteiger partial charge in [-0.15, -0.1) is 0 Å². The van der Waals surface area contributed by atoms with E-state index in [4.69, 9.17) is 0 Å². The van der Waals surface area contributed by atoms with Crippen LogP contribution < -0.4 is 5.32 Å². The minimum atomic E-state index is -0.00988. The van der Waals surface area contributed by atoms with Gasteiger partial charge in [0.25, 0.3) is 0 Å². The Labute approximate surface area is 151 Å². The molecule has 4 heterocycles. The van der Waals surface area contributed by atoms with Gasteiger partial charge in [0.05, 0.1) is 6.04 Å². The summed E-state index contributed by atoms with van der Waals surface area (Å²) in [6.07, 6.45) is 5.85. The van der Waals surface area contributed by atoms with Gasteiger partial charge in [-0.2, -0.15) is 16.4 Å². The number of hydrogen-bond acceptors (Lipinski definition) is 5. The van der Waals surface area contributed by atoms with Crippen molar-refractivity contribution in [1.29, 1.82) is 0 Å². The number of aryl methyl sites for hydroxylation is 1. The minimum absolute atomic E-state index is 0.00988. The molecule has 2 aliphatic heterocycles. The molecule has 3 aliphatic rings. The zero-order valence-electron chi connectivity index (χ0n) is 14.2. The monoisotopic (exact) mass is 357 g/mol. The number of hydrogen-bond donors (Lipinski definition) is 1. The Morgan fingerprint density at radius 3 is 3.04 bits per heavy atom. The lowest BCUT2D eigenvalue weighted by molar-refractivity contribution is -0.124. The highest BCUT2D eigenvalue weighted by Gasteiger charge is 2.50. The molecule has 2 aromatic rings. The van der Waals surface area contributed by atoms with E-state index >= 15 is 0 Å². The van der Waals surface area contributed by atoms with Crippen LogP contribution in [0.15, 0.2) is 23.2 Å². The first-order valence-corrected chi connectivity index (χ1v) is 10.1. The third kappa shape index (κ3) is 2.79. The van der Waals surface area contributed by atoms with E-state index in [1.807, 2.05) is 4.68 Å². The van der Waals surface area contributed by atoms with Crippen molar-refractivity contribution in [2.24, 2.45) is 11.3 Å². The number of aromatic nitrogens is 3. The fourth-order valence-corrected chi connectivity index (χ4v) is 5.10. The number of carbonyl (C=O) groups excluding carboxylic acids is 1. The van der Waals surface area contributed by atoms with Gasteiger partial charge in [0, 0.05) is 31.0 Å². The van der Waals surface area contributed by atoms with Gasteiger partial charge in [-0.1, -0.05) is 0 Å². The van der Waals surface area contributed by atoms with Gasteiger partial charge in [-0.05, 0) is 54.6 Å². The van der Waals surface area contributed by atoms with Crippen LogP contribution in [0, 0.1) is 11.3 Å². The van der Waals surface area contributed by atoms with Gasteiger partial charge in [0.2, 0.25) is 5.91 Å². The van der Waals surface area contributed by atoms with Crippen molar-refractivity contribution in [2.45, 2.75) is 44.8 Å². The Morgan fingerprint density at radius 1 is 1.36 bits per heavy atom. The first kappa shape index (κ1) is 15.5. The third-order valence-electron chi connectivity index (χ3n) is 6.02. The molecule has 2 atom stereocenters. The van der Waals surface area contributed by atoms with E-state index in [1.165, 1.54) is 5.56 Å². The molecular formula is C18H23N5OS. The van der Waals surface area contributed by atoms with Crippen molar-refractivity contribution in [3.8, 4) is 0 Å². The van der Waals surface area contributed by atoms with Gasteiger partial charge in [-0.3, -0.25) is 9.69 Å². The molecule has 0 unspecified atom stereocenters. The maximum absolute atomic E-state index is 12.5. The summed E-state index contributed by atoms with van der Waals surface area (Å²) in [4.78, 5) is 19.5. The van der Waals surface area contributed by atoms with Crippen molar-refractivity contribution in [1.82, 2.24) is 25.0 Å². The molecule has 1 saturated carbocycles. The number of rotatable bonds is 4. The van der Waals surface area contributed by atoms with E-state index in [0.29, 0.717) is 0 Å². The summed E-state index contributed by atoms with van der Waals surface area (Å²) in [7, 11) is 0. The number of nitrogens with one attached hydrogen (secondary N) is 1. The maximum Gasteiger partial charge on any atom is 0.223 e. The molecule has 0 aromatic carbocycles. The molecule has 1 amide bonds. The van der Waals surface area contributed by atoms with E-state index < -0.39 is 0 Å². The largest absolute Gasteiger partial charge is 0.345 e. The number of amides is 1. The number of likely N-dealkylation sites (tertiary alicyclic amines) is 1. The standard InChI is InChI=1S/C18H23N5OS/c24-17(14-1-2-14)21-15-16-19-12-20-23(16)7-5-18(15)4-6-22(11-18)9-13-3-8-25-10-13/h3,8,10,12,14-15H,1-2,4-7,9,11H2,(H,21,24)/t15-,18+/m0/s1. The molecule has 25 heavy (non-hydrogen) atoms. The number of carbonyl (C=O) groups is 1. The minimum Gasteiger partial charge on any atom is -0.345 e. The summed E-state index contributed by atoms with van der Waals surface area (Å²) in [5, 5.41) is 12.1. The van der Waals surface area contributed by atoms with Gasteiger partial charge in [0.15, 0.2) is 0 Å². The van der Waals surface area contributed by atoms with Gasteiger partial charge in [-0.25, -0.2) is 9.67 Å². The zero-order chi connectivity index (χ0) is 16.9. The molecule has 0 bridgehead atoms. The van der Waals surface area contributed by atoms with Crippen LogP contribution in [0.4, 0.5) is 0 Å². The molecule has 1 saturated heterocycles. The molecule has 0 radical (unpaired) electrons. The summed E-state index contributed by atoms with van der Waals surface area (Å²) in [6, 6.07) is 2.20. The maximum atomic E-state index is 12.5. The zero-order valence-corrected chi connectivity index (χ0v) is 15.0. The van der Waals surface area contributed by atoms with E-state index in [-0.39, 0.29) is 23.3 Å². The molecule has 2 aromatic heterocycles. The van der Waals surface area contributed by atoms with E-state index in [1.54, 1.807) is 17.7 Å². The Hall–Kier alpha value is -1.73. The second-order valence-electron chi connectivity index (χ2n) is 7.76. The van der Waals surface area contributed by atoms with Gasteiger partial charge in [0.1, 0.15) is 12.2 Å². The molecule has 5 rings (SSSR count). The fraction of sp³-hybridized carbons (Fsp3) is 0.611. The number of thiophene rings is 1. The van der Waals surface area contributed by atoms with Crippen molar-refractivity contribution in [3.63, 3.8) is 0 Å². The van der Waals surface area contributed by atoms with Crippen LogP contribution in [-0.4, -0.2) is 38.7 Å². The summed E-state index contributed by atoms with van der Waals surface area (Å²) in [5.41, 5.74) is 1.48. The van der Waals surface area contributed by atoms with Gasteiger partial charge < -0.3 is 5.32 Å². The molecule has 6 nitrogen and oxygen atoms in total. The lowest BCUT2D eigenvalue weighted by Gasteiger charge is -2.41.